The SMILES string of the molecule is Cc1cccc(C)c1NC(=O)NCCOc1cccc(Cl)c1. The summed E-state index contributed by atoms with van der Waals surface area (Å²) in [5.41, 5.74) is 2.91. The van der Waals surface area contributed by atoms with E-state index in [4.69, 9.17) is 16.3 Å². The molecule has 0 aliphatic heterocycles. The van der Waals surface area contributed by atoms with Gasteiger partial charge in [-0.05, 0) is 43.2 Å². The van der Waals surface area contributed by atoms with Crippen LogP contribution in [-0.4, -0.2) is 19.2 Å². The number of halogens is 1. The Hall–Kier alpha value is -2.20. The summed E-state index contributed by atoms with van der Waals surface area (Å²) in [4.78, 5) is 11.9. The Kier molecular flexibility index (Phi) is 5.67. The van der Waals surface area contributed by atoms with Gasteiger partial charge in [-0.2, -0.15) is 0 Å². The predicted molar refractivity (Wildman–Crippen MR) is 89.9 cm³/mol. The molecule has 2 N–H and O–H groups in total. The maximum absolute atomic E-state index is 11.9. The van der Waals surface area contributed by atoms with Crippen molar-refractivity contribution in [1.29, 1.82) is 0 Å². The highest BCUT2D eigenvalue weighted by Gasteiger charge is 2.06. The second kappa shape index (κ2) is 7.71. The molecular weight excluding hydrogens is 300 g/mol. The number of carbonyl (C=O) groups excluding carboxylic acids is 1. The van der Waals surface area contributed by atoms with E-state index in [0.717, 1.165) is 16.8 Å². The lowest BCUT2D eigenvalue weighted by Gasteiger charge is -2.12. The Morgan fingerprint density at radius 1 is 1.14 bits per heavy atom. The largest absolute Gasteiger partial charge is 0.492 e. The Balaban J connectivity index is 1.76. The highest BCUT2D eigenvalue weighted by molar-refractivity contribution is 6.30. The number of rotatable bonds is 5. The zero-order valence-electron chi connectivity index (χ0n) is 12.7. The number of carbonyl (C=O) groups is 1. The average Bonchev–Trinajstić information content (AvgIpc) is 2.48. The van der Waals surface area contributed by atoms with E-state index < -0.39 is 0 Å². The molecule has 2 amide bonds. The number of urea groups is 1. The fourth-order valence-electron chi connectivity index (χ4n) is 2.06. The van der Waals surface area contributed by atoms with Crippen molar-refractivity contribution in [2.45, 2.75) is 13.8 Å². The van der Waals surface area contributed by atoms with Gasteiger partial charge in [-0.15, -0.1) is 0 Å². The van der Waals surface area contributed by atoms with Crippen molar-refractivity contribution in [3.8, 4) is 5.75 Å². The van der Waals surface area contributed by atoms with Crippen LogP contribution in [0.2, 0.25) is 5.02 Å². The Morgan fingerprint density at radius 2 is 1.82 bits per heavy atom. The molecule has 0 spiro atoms. The van der Waals surface area contributed by atoms with Crippen molar-refractivity contribution in [3.63, 3.8) is 0 Å². The minimum absolute atomic E-state index is 0.243. The lowest BCUT2D eigenvalue weighted by Crippen LogP contribution is -2.32. The number of hydrogen-bond donors (Lipinski definition) is 2. The molecule has 0 atom stereocenters. The Bertz CT molecular complexity index is 639. The molecule has 2 rings (SSSR count). The molecule has 0 bridgehead atoms. The van der Waals surface area contributed by atoms with Gasteiger partial charge in [0.2, 0.25) is 0 Å². The molecule has 0 aliphatic carbocycles. The summed E-state index contributed by atoms with van der Waals surface area (Å²) >= 11 is 5.87. The van der Waals surface area contributed by atoms with Crippen LogP contribution < -0.4 is 15.4 Å². The van der Waals surface area contributed by atoms with Gasteiger partial charge in [0.1, 0.15) is 12.4 Å². The van der Waals surface area contributed by atoms with E-state index in [-0.39, 0.29) is 6.03 Å². The van der Waals surface area contributed by atoms with Crippen molar-refractivity contribution in [2.75, 3.05) is 18.5 Å². The molecule has 0 radical (unpaired) electrons. The summed E-state index contributed by atoms with van der Waals surface area (Å²) in [5, 5.41) is 6.25. The third-order valence-corrected chi connectivity index (χ3v) is 3.41. The standard InChI is InChI=1S/C17H19ClN2O2/c1-12-5-3-6-13(2)16(12)20-17(21)19-9-10-22-15-8-4-7-14(18)11-15/h3-8,11H,9-10H2,1-2H3,(H2,19,20,21). The molecule has 0 heterocycles. The number of anilines is 1. The van der Waals surface area contributed by atoms with Crippen LogP contribution in [0, 0.1) is 13.8 Å². The lowest BCUT2D eigenvalue weighted by atomic mass is 10.1. The third-order valence-electron chi connectivity index (χ3n) is 3.17. The second-order valence-corrected chi connectivity index (χ2v) is 5.39. The van der Waals surface area contributed by atoms with Crippen molar-refractivity contribution in [3.05, 3.63) is 58.6 Å². The van der Waals surface area contributed by atoms with Crippen molar-refractivity contribution >= 4 is 23.3 Å². The van der Waals surface area contributed by atoms with Gasteiger partial charge >= 0.3 is 6.03 Å². The number of hydrogen-bond acceptors (Lipinski definition) is 2. The highest BCUT2D eigenvalue weighted by atomic mass is 35.5. The van der Waals surface area contributed by atoms with Crippen molar-refractivity contribution in [2.24, 2.45) is 0 Å². The Morgan fingerprint density at radius 3 is 2.50 bits per heavy atom. The first kappa shape index (κ1) is 16.2. The molecule has 0 saturated carbocycles. The van der Waals surface area contributed by atoms with Crippen LogP contribution in [-0.2, 0) is 0 Å². The van der Waals surface area contributed by atoms with Crippen LogP contribution in [0.1, 0.15) is 11.1 Å². The van der Waals surface area contributed by atoms with E-state index >= 15 is 0 Å². The number of para-hydroxylation sites is 1. The summed E-state index contributed by atoms with van der Waals surface area (Å²) in [5.74, 6) is 0.685. The van der Waals surface area contributed by atoms with Gasteiger partial charge in [-0.1, -0.05) is 35.9 Å². The van der Waals surface area contributed by atoms with Gasteiger partial charge in [0, 0.05) is 10.7 Å². The lowest BCUT2D eigenvalue weighted by molar-refractivity contribution is 0.247. The fourth-order valence-corrected chi connectivity index (χ4v) is 2.24. The monoisotopic (exact) mass is 318 g/mol. The summed E-state index contributed by atoms with van der Waals surface area (Å²) in [6, 6.07) is 12.8. The predicted octanol–water partition coefficient (Wildman–Crippen LogP) is 4.16. The summed E-state index contributed by atoms with van der Waals surface area (Å²) in [7, 11) is 0. The molecular formula is C17H19ClN2O2. The van der Waals surface area contributed by atoms with Crippen LogP contribution in [0.15, 0.2) is 42.5 Å². The summed E-state index contributed by atoms with van der Waals surface area (Å²) in [6.07, 6.45) is 0. The average molecular weight is 319 g/mol. The first-order valence-corrected chi connectivity index (χ1v) is 7.43. The first-order chi connectivity index (χ1) is 10.6. The van der Waals surface area contributed by atoms with Crippen molar-refractivity contribution in [1.82, 2.24) is 5.32 Å². The zero-order chi connectivity index (χ0) is 15.9. The zero-order valence-corrected chi connectivity index (χ0v) is 13.4. The smallest absolute Gasteiger partial charge is 0.319 e. The van der Waals surface area contributed by atoms with Crippen LogP contribution in [0.3, 0.4) is 0 Å². The summed E-state index contributed by atoms with van der Waals surface area (Å²) < 4.78 is 5.51. The van der Waals surface area contributed by atoms with Gasteiger partial charge in [-0.25, -0.2) is 4.79 Å². The van der Waals surface area contributed by atoms with E-state index in [1.165, 1.54) is 0 Å². The van der Waals surface area contributed by atoms with E-state index in [2.05, 4.69) is 10.6 Å². The number of amides is 2. The van der Waals surface area contributed by atoms with E-state index in [0.29, 0.717) is 23.9 Å². The minimum Gasteiger partial charge on any atom is -0.492 e. The van der Waals surface area contributed by atoms with Gasteiger partial charge in [0.05, 0.1) is 6.54 Å². The van der Waals surface area contributed by atoms with Crippen LogP contribution in [0.25, 0.3) is 0 Å². The van der Waals surface area contributed by atoms with Crippen LogP contribution in [0.5, 0.6) is 5.75 Å². The van der Waals surface area contributed by atoms with Crippen molar-refractivity contribution < 1.29 is 9.53 Å². The van der Waals surface area contributed by atoms with Gasteiger partial charge in [0.15, 0.2) is 0 Å². The summed E-state index contributed by atoms with van der Waals surface area (Å²) in [6.45, 7) is 4.71. The third kappa shape index (κ3) is 4.67. The molecule has 0 aromatic heterocycles. The maximum atomic E-state index is 11.9. The molecule has 5 heteroatoms. The number of benzene rings is 2. The van der Waals surface area contributed by atoms with Crippen LogP contribution >= 0.6 is 11.6 Å². The van der Waals surface area contributed by atoms with E-state index in [9.17, 15) is 4.79 Å². The highest BCUT2D eigenvalue weighted by Crippen LogP contribution is 2.19. The maximum Gasteiger partial charge on any atom is 0.319 e. The quantitative estimate of drug-likeness (QED) is 0.813. The minimum atomic E-state index is -0.243. The molecule has 0 fully saturated rings. The number of ether oxygens (including phenoxy) is 1. The molecule has 2 aromatic carbocycles. The molecule has 116 valence electrons. The van der Waals surface area contributed by atoms with Gasteiger partial charge in [-0.3, -0.25) is 0 Å². The van der Waals surface area contributed by atoms with Crippen LogP contribution in [0.4, 0.5) is 10.5 Å². The van der Waals surface area contributed by atoms with E-state index in [1.54, 1.807) is 12.1 Å². The first-order valence-electron chi connectivity index (χ1n) is 7.05. The number of nitrogens with one attached hydrogen (secondary N) is 2. The fraction of sp³-hybridized carbons (Fsp3) is 0.235. The molecule has 22 heavy (non-hydrogen) atoms. The topological polar surface area (TPSA) is 50.4 Å². The van der Waals surface area contributed by atoms with E-state index in [1.807, 2.05) is 44.2 Å². The molecule has 4 nitrogen and oxygen atoms in total. The second-order valence-electron chi connectivity index (χ2n) is 4.95. The molecule has 0 saturated heterocycles. The van der Waals surface area contributed by atoms with Gasteiger partial charge < -0.3 is 15.4 Å². The van der Waals surface area contributed by atoms with Gasteiger partial charge in [0.25, 0.3) is 0 Å². The molecule has 2 aromatic rings. The Labute approximate surface area is 135 Å². The normalized spacial score (nSPS) is 10.1. The molecule has 0 aliphatic rings. The molecule has 0 unspecified atom stereocenters. The number of aryl methyl sites for hydroxylation is 2.